The standard InChI is InChI=1S/C22H22N6O3.C22H18N6O3/c2*1-27-16-9-5-6-10-17(16)31-13-15(22(27)30)24-21(29)19-25-20-18(14-7-3-2-4-8-14)23-11-12-28(20)26-19/h2-10,15,18,23H,11-13H2,1H3,(H,24,29);2-12,15H,13H2,1H3,(H,24,29)/t15-,18?;15-/m00/s1. The smallest absolute Gasteiger partial charge is 0.291 e. The lowest BCUT2D eigenvalue weighted by Crippen LogP contribution is -2.49. The van der Waals surface area contributed by atoms with Gasteiger partial charge in [0, 0.05) is 38.6 Å². The maximum atomic E-state index is 12.9. The molecule has 3 N–H and O–H groups in total. The van der Waals surface area contributed by atoms with Crippen molar-refractivity contribution in [1.29, 1.82) is 0 Å². The Balaban J connectivity index is 0.000000158. The van der Waals surface area contributed by atoms with Crippen LogP contribution in [0.1, 0.15) is 38.7 Å². The minimum atomic E-state index is -0.872. The Bertz CT molecular complexity index is 2800. The van der Waals surface area contributed by atoms with E-state index in [1.807, 2.05) is 84.9 Å². The molecule has 6 heterocycles. The minimum Gasteiger partial charge on any atom is -0.489 e. The SMILES string of the molecule is CN1C(=O)[C@@H](NC(=O)c2nc3c(-c4ccccc4)nccn3n2)COc2ccccc21.CN1C(=O)[C@@H](NC(=O)c2nc3n(n2)CCNC3c2ccccc2)COc2ccccc21. The van der Waals surface area contributed by atoms with Crippen LogP contribution in [0, 0.1) is 0 Å². The van der Waals surface area contributed by atoms with Crippen molar-refractivity contribution < 1.29 is 28.7 Å². The van der Waals surface area contributed by atoms with E-state index in [0.717, 1.165) is 17.7 Å². The fourth-order valence-electron chi connectivity index (χ4n) is 7.42. The number of ether oxygens (including phenoxy) is 2. The number of carbonyl (C=O) groups is 4. The Kier molecular flexibility index (Phi) is 10.8. The zero-order chi connectivity index (χ0) is 42.7. The monoisotopic (exact) mass is 832 g/mol. The van der Waals surface area contributed by atoms with E-state index in [4.69, 9.17) is 9.47 Å². The molecule has 7 aromatic rings. The highest BCUT2D eigenvalue weighted by atomic mass is 16.5. The summed E-state index contributed by atoms with van der Waals surface area (Å²) in [7, 11) is 3.31. The average Bonchev–Trinajstić information content (AvgIpc) is 3.92. The molecule has 18 nitrogen and oxygen atoms in total. The molecule has 3 aliphatic rings. The van der Waals surface area contributed by atoms with Gasteiger partial charge in [0.25, 0.3) is 23.6 Å². The number of rotatable bonds is 6. The van der Waals surface area contributed by atoms with Crippen molar-refractivity contribution >= 4 is 40.7 Å². The molecule has 62 heavy (non-hydrogen) atoms. The minimum absolute atomic E-state index is 0.0100. The maximum Gasteiger partial charge on any atom is 0.291 e. The third-order valence-corrected chi connectivity index (χ3v) is 10.6. The van der Waals surface area contributed by atoms with Crippen molar-refractivity contribution in [1.82, 2.24) is 50.3 Å². The summed E-state index contributed by atoms with van der Waals surface area (Å²) >= 11 is 0. The second kappa shape index (κ2) is 16.9. The summed E-state index contributed by atoms with van der Waals surface area (Å²) in [6, 6.07) is 32.1. The molecule has 10 rings (SSSR count). The van der Waals surface area contributed by atoms with Gasteiger partial charge in [-0.05, 0) is 29.8 Å². The first kappa shape index (κ1) is 39.5. The largest absolute Gasteiger partial charge is 0.489 e. The number of nitrogens with zero attached hydrogens (tertiary/aromatic N) is 9. The van der Waals surface area contributed by atoms with Gasteiger partial charge in [-0.15, -0.1) is 10.2 Å². The molecule has 3 aromatic heterocycles. The summed E-state index contributed by atoms with van der Waals surface area (Å²) in [5, 5.41) is 17.5. The molecular formula is C44H40N12O6. The lowest BCUT2D eigenvalue weighted by Gasteiger charge is -2.23. The zero-order valence-corrected chi connectivity index (χ0v) is 33.6. The first-order chi connectivity index (χ1) is 30.2. The Morgan fingerprint density at radius 3 is 1.85 bits per heavy atom. The van der Waals surface area contributed by atoms with Crippen LogP contribution in [0.4, 0.5) is 11.4 Å². The summed E-state index contributed by atoms with van der Waals surface area (Å²) in [5.74, 6) is 0.232. The number of amides is 4. The highest BCUT2D eigenvalue weighted by molar-refractivity contribution is 6.03. The van der Waals surface area contributed by atoms with Crippen LogP contribution < -0.4 is 35.2 Å². The van der Waals surface area contributed by atoms with E-state index in [1.54, 1.807) is 55.4 Å². The number of likely N-dealkylation sites (N-methyl/N-ethyl adjacent to an activating group) is 2. The number of hydrogen-bond acceptors (Lipinski definition) is 12. The van der Waals surface area contributed by atoms with Crippen LogP contribution in [-0.2, 0) is 16.1 Å². The predicted molar refractivity (Wildman–Crippen MR) is 226 cm³/mol. The lowest BCUT2D eigenvalue weighted by molar-refractivity contribution is -0.121. The molecule has 0 aliphatic carbocycles. The van der Waals surface area contributed by atoms with Crippen LogP contribution in [0.3, 0.4) is 0 Å². The second-order valence-corrected chi connectivity index (χ2v) is 14.6. The van der Waals surface area contributed by atoms with Crippen LogP contribution in [0.15, 0.2) is 122 Å². The van der Waals surface area contributed by atoms with Crippen LogP contribution in [0.25, 0.3) is 16.9 Å². The van der Waals surface area contributed by atoms with Crippen LogP contribution in [0.2, 0.25) is 0 Å². The molecule has 0 saturated carbocycles. The van der Waals surface area contributed by atoms with Gasteiger partial charge in [-0.3, -0.25) is 24.2 Å². The van der Waals surface area contributed by atoms with Crippen molar-refractivity contribution in [2.75, 3.05) is 43.7 Å². The van der Waals surface area contributed by atoms with Gasteiger partial charge in [-0.2, -0.15) is 0 Å². The molecule has 18 heteroatoms. The molecule has 0 fully saturated rings. The number of benzene rings is 4. The normalized spacial score (nSPS) is 18.1. The number of para-hydroxylation sites is 4. The highest BCUT2D eigenvalue weighted by Gasteiger charge is 2.34. The molecular weight excluding hydrogens is 793 g/mol. The summed E-state index contributed by atoms with van der Waals surface area (Å²) in [5.41, 5.74) is 4.28. The van der Waals surface area contributed by atoms with E-state index in [9.17, 15) is 19.2 Å². The van der Waals surface area contributed by atoms with Crippen molar-refractivity contribution in [3.8, 4) is 22.8 Å². The van der Waals surface area contributed by atoms with Crippen LogP contribution in [-0.4, -0.2) is 104 Å². The number of anilines is 2. The van der Waals surface area contributed by atoms with E-state index >= 15 is 0 Å². The van der Waals surface area contributed by atoms with E-state index in [1.165, 1.54) is 14.3 Å². The molecule has 312 valence electrons. The molecule has 0 radical (unpaired) electrons. The molecule has 3 aliphatic heterocycles. The van der Waals surface area contributed by atoms with Gasteiger partial charge < -0.3 is 35.2 Å². The third-order valence-electron chi connectivity index (χ3n) is 10.6. The van der Waals surface area contributed by atoms with E-state index in [2.05, 4.69) is 41.1 Å². The Labute approximate surface area is 354 Å². The van der Waals surface area contributed by atoms with Gasteiger partial charge in [0.2, 0.25) is 11.6 Å². The number of nitrogens with one attached hydrogen (secondary N) is 3. The summed E-state index contributed by atoms with van der Waals surface area (Å²) in [6.45, 7) is 1.38. The van der Waals surface area contributed by atoms with E-state index < -0.39 is 23.9 Å². The fourth-order valence-corrected chi connectivity index (χ4v) is 7.42. The number of hydrogen-bond donors (Lipinski definition) is 3. The van der Waals surface area contributed by atoms with Gasteiger partial charge in [-0.25, -0.2) is 19.2 Å². The molecule has 4 aromatic carbocycles. The van der Waals surface area contributed by atoms with Gasteiger partial charge in [0.05, 0.1) is 24.0 Å². The number of fused-ring (bicyclic) bond motifs is 4. The zero-order valence-electron chi connectivity index (χ0n) is 33.6. The third kappa shape index (κ3) is 7.77. The lowest BCUT2D eigenvalue weighted by atomic mass is 10.1. The number of aromatic nitrogens is 7. The predicted octanol–water partition coefficient (Wildman–Crippen LogP) is 3.07. The van der Waals surface area contributed by atoms with Gasteiger partial charge in [-0.1, -0.05) is 84.9 Å². The quantitative estimate of drug-likeness (QED) is 0.221. The van der Waals surface area contributed by atoms with Gasteiger partial charge >= 0.3 is 0 Å². The van der Waals surface area contributed by atoms with Crippen LogP contribution >= 0.6 is 0 Å². The Morgan fingerprint density at radius 2 is 1.24 bits per heavy atom. The van der Waals surface area contributed by atoms with Crippen molar-refractivity contribution in [2.24, 2.45) is 0 Å². The van der Waals surface area contributed by atoms with Crippen molar-refractivity contribution in [3.63, 3.8) is 0 Å². The number of carbonyl (C=O) groups excluding carboxylic acids is 4. The van der Waals surface area contributed by atoms with Crippen LogP contribution in [0.5, 0.6) is 11.5 Å². The maximum absolute atomic E-state index is 12.9. The Morgan fingerprint density at radius 1 is 0.694 bits per heavy atom. The first-order valence-corrected chi connectivity index (χ1v) is 19.8. The van der Waals surface area contributed by atoms with Gasteiger partial charge in [0.1, 0.15) is 48.3 Å². The Hall–Kier alpha value is -7.99. The van der Waals surface area contributed by atoms with Gasteiger partial charge in [0.15, 0.2) is 5.65 Å². The highest BCUT2D eigenvalue weighted by Crippen LogP contribution is 2.31. The first-order valence-electron chi connectivity index (χ1n) is 19.8. The molecule has 0 spiro atoms. The summed E-state index contributed by atoms with van der Waals surface area (Å²) in [6.07, 6.45) is 3.22. The topological polar surface area (TPSA) is 203 Å². The van der Waals surface area contributed by atoms with Crippen molar-refractivity contribution in [3.05, 3.63) is 145 Å². The summed E-state index contributed by atoms with van der Waals surface area (Å²) in [4.78, 5) is 67.8. The second-order valence-electron chi connectivity index (χ2n) is 14.6. The molecule has 0 bridgehead atoms. The fraction of sp³-hybridized carbons (Fsp3) is 0.205. The average molecular weight is 833 g/mol. The molecule has 3 atom stereocenters. The van der Waals surface area contributed by atoms with Crippen molar-refractivity contribution in [2.45, 2.75) is 24.7 Å². The van der Waals surface area contributed by atoms with E-state index in [-0.39, 0.29) is 42.7 Å². The van der Waals surface area contributed by atoms with E-state index in [0.29, 0.717) is 46.6 Å². The molecule has 4 amide bonds. The molecule has 0 saturated heterocycles. The molecule has 1 unspecified atom stereocenters. The summed E-state index contributed by atoms with van der Waals surface area (Å²) < 4.78 is 14.7.